The topological polar surface area (TPSA) is 72.8 Å². The SMILES string of the molecule is CCCCCCCC(CCCCCC(CCCC(=O)O)OC(C)=O)OCc1ccccc1. The Kier molecular flexibility index (Phi) is 16.4. The van der Waals surface area contributed by atoms with Crippen LogP contribution in [0.25, 0.3) is 0 Å². The van der Waals surface area contributed by atoms with Crippen molar-refractivity contribution in [1.29, 1.82) is 0 Å². The van der Waals surface area contributed by atoms with Gasteiger partial charge in [-0.2, -0.15) is 0 Å². The summed E-state index contributed by atoms with van der Waals surface area (Å²) >= 11 is 0. The van der Waals surface area contributed by atoms with E-state index in [4.69, 9.17) is 14.6 Å². The van der Waals surface area contributed by atoms with Crippen molar-refractivity contribution < 1.29 is 24.2 Å². The molecule has 1 rings (SSSR count). The van der Waals surface area contributed by atoms with Crippen molar-refractivity contribution in [2.45, 2.75) is 123 Å². The molecule has 0 fully saturated rings. The predicted molar refractivity (Wildman–Crippen MR) is 129 cm³/mol. The van der Waals surface area contributed by atoms with Crippen LogP contribution in [0.1, 0.15) is 109 Å². The highest BCUT2D eigenvalue weighted by Crippen LogP contribution is 2.19. The molecule has 0 aliphatic carbocycles. The van der Waals surface area contributed by atoms with E-state index in [0.29, 0.717) is 19.4 Å². The smallest absolute Gasteiger partial charge is 0.303 e. The molecular formula is C27H44O5. The Bertz CT molecular complexity index is 601. The molecule has 0 radical (unpaired) electrons. The number of carboxylic acids is 1. The summed E-state index contributed by atoms with van der Waals surface area (Å²) < 4.78 is 11.6. The highest BCUT2D eigenvalue weighted by Gasteiger charge is 2.14. The maximum atomic E-state index is 11.3. The lowest BCUT2D eigenvalue weighted by molar-refractivity contribution is -0.147. The second-order valence-electron chi connectivity index (χ2n) is 8.78. The summed E-state index contributed by atoms with van der Waals surface area (Å²) in [6.45, 7) is 4.32. The van der Waals surface area contributed by atoms with E-state index in [1.165, 1.54) is 44.6 Å². The van der Waals surface area contributed by atoms with Crippen LogP contribution in [0, 0.1) is 0 Å². The average molecular weight is 449 g/mol. The lowest BCUT2D eigenvalue weighted by atomic mass is 10.0. The van der Waals surface area contributed by atoms with Crippen LogP contribution < -0.4 is 0 Å². The van der Waals surface area contributed by atoms with E-state index in [9.17, 15) is 9.59 Å². The van der Waals surface area contributed by atoms with Crippen LogP contribution in [0.15, 0.2) is 30.3 Å². The molecule has 0 saturated carbocycles. The van der Waals surface area contributed by atoms with Gasteiger partial charge in [0.05, 0.1) is 12.7 Å². The third kappa shape index (κ3) is 15.9. The zero-order valence-corrected chi connectivity index (χ0v) is 20.2. The van der Waals surface area contributed by atoms with Gasteiger partial charge >= 0.3 is 11.9 Å². The fraction of sp³-hybridized carbons (Fsp3) is 0.704. The lowest BCUT2D eigenvalue weighted by Crippen LogP contribution is -2.17. The fourth-order valence-corrected chi connectivity index (χ4v) is 3.97. The van der Waals surface area contributed by atoms with E-state index in [2.05, 4.69) is 31.2 Å². The van der Waals surface area contributed by atoms with Crippen LogP contribution in [-0.4, -0.2) is 29.3 Å². The molecule has 1 aromatic carbocycles. The van der Waals surface area contributed by atoms with Crippen molar-refractivity contribution in [2.24, 2.45) is 0 Å². The number of carbonyl (C=O) groups excluding carboxylic acids is 1. The third-order valence-electron chi connectivity index (χ3n) is 5.76. The van der Waals surface area contributed by atoms with Gasteiger partial charge in [-0.15, -0.1) is 0 Å². The maximum absolute atomic E-state index is 11.3. The molecule has 1 aromatic rings. The third-order valence-corrected chi connectivity index (χ3v) is 5.76. The Morgan fingerprint density at radius 3 is 1.97 bits per heavy atom. The van der Waals surface area contributed by atoms with Crippen molar-refractivity contribution >= 4 is 11.9 Å². The molecule has 0 amide bonds. The number of rotatable bonds is 20. The number of aliphatic carboxylic acids is 1. The molecule has 0 aliphatic rings. The molecule has 2 atom stereocenters. The first-order valence-corrected chi connectivity index (χ1v) is 12.6. The predicted octanol–water partition coefficient (Wildman–Crippen LogP) is 7.07. The second-order valence-corrected chi connectivity index (χ2v) is 8.78. The van der Waals surface area contributed by atoms with E-state index < -0.39 is 5.97 Å². The zero-order valence-electron chi connectivity index (χ0n) is 20.2. The minimum absolute atomic E-state index is 0.121. The quantitative estimate of drug-likeness (QED) is 0.171. The molecule has 5 nitrogen and oxygen atoms in total. The van der Waals surface area contributed by atoms with Crippen LogP contribution in [0.4, 0.5) is 0 Å². The van der Waals surface area contributed by atoms with Crippen LogP contribution in [0.3, 0.4) is 0 Å². The number of carboxylic acid groups (broad SMARTS) is 1. The first-order valence-electron chi connectivity index (χ1n) is 12.6. The molecule has 0 aliphatic heterocycles. The maximum Gasteiger partial charge on any atom is 0.303 e. The average Bonchev–Trinajstić information content (AvgIpc) is 2.76. The van der Waals surface area contributed by atoms with E-state index in [1.54, 1.807) is 0 Å². The van der Waals surface area contributed by atoms with Gasteiger partial charge in [0, 0.05) is 13.3 Å². The summed E-state index contributed by atoms with van der Waals surface area (Å²) in [5, 5.41) is 8.81. The monoisotopic (exact) mass is 448 g/mol. The minimum atomic E-state index is -0.803. The summed E-state index contributed by atoms with van der Waals surface area (Å²) in [4.78, 5) is 22.0. The number of hydrogen-bond acceptors (Lipinski definition) is 4. The molecular weight excluding hydrogens is 404 g/mol. The molecule has 5 heteroatoms. The number of hydrogen-bond donors (Lipinski definition) is 1. The van der Waals surface area contributed by atoms with Crippen molar-refractivity contribution in [2.75, 3.05) is 0 Å². The molecule has 0 bridgehead atoms. The molecule has 0 saturated heterocycles. The zero-order chi connectivity index (χ0) is 23.4. The molecule has 2 unspecified atom stereocenters. The Morgan fingerprint density at radius 1 is 0.812 bits per heavy atom. The fourth-order valence-electron chi connectivity index (χ4n) is 3.97. The molecule has 182 valence electrons. The van der Waals surface area contributed by atoms with Crippen molar-refractivity contribution in [3.8, 4) is 0 Å². The number of esters is 1. The molecule has 0 aromatic heterocycles. The standard InChI is InChI=1S/C27H44O5/c1-3-4-5-6-11-17-25(31-22-24-15-9-7-10-16-24)18-12-8-13-19-26(32-23(2)28)20-14-21-27(29)30/h7,9-10,15-16,25-26H,3-6,8,11-14,17-22H2,1-2H3,(H,29,30). The highest BCUT2D eigenvalue weighted by atomic mass is 16.5. The van der Waals surface area contributed by atoms with Crippen LogP contribution >= 0.6 is 0 Å². The summed E-state index contributed by atoms with van der Waals surface area (Å²) in [5.41, 5.74) is 1.22. The van der Waals surface area contributed by atoms with Gasteiger partial charge in [-0.05, 0) is 44.1 Å². The van der Waals surface area contributed by atoms with Gasteiger partial charge in [-0.1, -0.05) is 82.2 Å². The van der Waals surface area contributed by atoms with Crippen LogP contribution in [0.2, 0.25) is 0 Å². The lowest BCUT2D eigenvalue weighted by Gasteiger charge is -2.19. The van der Waals surface area contributed by atoms with Crippen LogP contribution in [0.5, 0.6) is 0 Å². The largest absolute Gasteiger partial charge is 0.481 e. The Hall–Kier alpha value is -1.88. The summed E-state index contributed by atoms with van der Waals surface area (Å²) in [7, 11) is 0. The van der Waals surface area contributed by atoms with Gasteiger partial charge in [0.1, 0.15) is 6.10 Å². The van der Waals surface area contributed by atoms with Crippen molar-refractivity contribution in [3.05, 3.63) is 35.9 Å². The number of unbranched alkanes of at least 4 members (excludes halogenated alkanes) is 6. The molecule has 1 N–H and O–H groups in total. The molecule has 0 heterocycles. The summed E-state index contributed by atoms with van der Waals surface area (Å²) in [6.07, 6.45) is 13.9. The van der Waals surface area contributed by atoms with Gasteiger partial charge in [0.2, 0.25) is 0 Å². The van der Waals surface area contributed by atoms with Crippen molar-refractivity contribution in [1.82, 2.24) is 0 Å². The van der Waals surface area contributed by atoms with Crippen LogP contribution in [-0.2, 0) is 25.7 Å². The molecule has 0 spiro atoms. The summed E-state index contributed by atoms with van der Waals surface area (Å²) in [5.74, 6) is -1.09. The van der Waals surface area contributed by atoms with Gasteiger partial charge in [-0.25, -0.2) is 0 Å². The van der Waals surface area contributed by atoms with E-state index in [0.717, 1.165) is 38.5 Å². The Labute approximate surface area is 194 Å². The Morgan fingerprint density at radius 2 is 1.38 bits per heavy atom. The minimum Gasteiger partial charge on any atom is -0.481 e. The van der Waals surface area contributed by atoms with Gasteiger partial charge in [0.15, 0.2) is 0 Å². The number of ether oxygens (including phenoxy) is 2. The highest BCUT2D eigenvalue weighted by molar-refractivity contribution is 5.67. The number of carbonyl (C=O) groups is 2. The van der Waals surface area contributed by atoms with E-state index in [-0.39, 0.29) is 24.6 Å². The Balaban J connectivity index is 2.35. The normalized spacial score (nSPS) is 12.9. The van der Waals surface area contributed by atoms with Gasteiger partial charge in [-0.3, -0.25) is 9.59 Å². The van der Waals surface area contributed by atoms with Gasteiger partial charge in [0.25, 0.3) is 0 Å². The number of benzene rings is 1. The first-order chi connectivity index (χ1) is 15.5. The van der Waals surface area contributed by atoms with Crippen molar-refractivity contribution in [3.63, 3.8) is 0 Å². The van der Waals surface area contributed by atoms with E-state index in [1.807, 2.05) is 6.07 Å². The first kappa shape index (κ1) is 28.2. The van der Waals surface area contributed by atoms with E-state index >= 15 is 0 Å². The van der Waals surface area contributed by atoms with Gasteiger partial charge < -0.3 is 14.6 Å². The second kappa shape index (κ2) is 18.7. The summed E-state index contributed by atoms with van der Waals surface area (Å²) in [6, 6.07) is 10.3. The molecule has 32 heavy (non-hydrogen) atoms.